The van der Waals surface area contributed by atoms with Crippen molar-refractivity contribution in [2.45, 2.75) is 45.1 Å². The number of anilines is 1. The molecule has 0 saturated carbocycles. The molecule has 1 aromatic heterocycles. The zero-order chi connectivity index (χ0) is 12.1. The lowest BCUT2D eigenvalue weighted by molar-refractivity contribution is -0.116. The summed E-state index contributed by atoms with van der Waals surface area (Å²) in [6.45, 7) is 3.01. The first-order valence-corrected chi connectivity index (χ1v) is 6.29. The minimum atomic E-state index is 0.0599. The molecule has 1 amide bonds. The lowest BCUT2D eigenvalue weighted by atomic mass is 10.0. The number of carbonyl (C=O) groups is 1. The number of aryl methyl sites for hydroxylation is 1. The fraction of sp³-hybridized carbons (Fsp3) is 0.667. The van der Waals surface area contributed by atoms with Crippen molar-refractivity contribution in [3.63, 3.8) is 0 Å². The van der Waals surface area contributed by atoms with Crippen molar-refractivity contribution >= 4 is 11.7 Å². The van der Waals surface area contributed by atoms with Crippen LogP contribution in [-0.4, -0.2) is 28.7 Å². The number of carbonyl (C=O) groups excluding carboxylic acids is 1. The summed E-state index contributed by atoms with van der Waals surface area (Å²) in [7, 11) is 0. The van der Waals surface area contributed by atoms with E-state index in [9.17, 15) is 4.79 Å². The maximum Gasteiger partial charge on any atom is 0.225 e. The minimum absolute atomic E-state index is 0.0599. The summed E-state index contributed by atoms with van der Waals surface area (Å²) in [5.74, 6) is 0.774. The predicted octanol–water partition coefficient (Wildman–Crippen LogP) is 1.58. The second-order valence-electron chi connectivity index (χ2n) is 4.66. The summed E-state index contributed by atoms with van der Waals surface area (Å²) >= 11 is 0. The Bertz CT molecular complexity index is 368. The molecule has 94 valence electrons. The topological polar surface area (TPSA) is 69.8 Å². The molecule has 0 bridgehead atoms. The van der Waals surface area contributed by atoms with E-state index in [1.807, 2.05) is 6.92 Å². The molecular weight excluding hydrogens is 216 g/mol. The Morgan fingerprint density at radius 1 is 1.59 bits per heavy atom. The predicted molar refractivity (Wildman–Crippen MR) is 66.8 cm³/mol. The van der Waals surface area contributed by atoms with Crippen LogP contribution in [0.15, 0.2) is 6.20 Å². The average molecular weight is 236 g/mol. The normalized spacial score (nSPS) is 20.2. The second kappa shape index (κ2) is 5.82. The SMILES string of the molecule is Cc1cn[nH]c1NC(=O)CCC1CCCCN1. The number of hydrogen-bond donors (Lipinski definition) is 3. The van der Waals surface area contributed by atoms with Crippen LogP contribution >= 0.6 is 0 Å². The Balaban J connectivity index is 1.72. The van der Waals surface area contributed by atoms with Gasteiger partial charge in [-0.15, -0.1) is 0 Å². The van der Waals surface area contributed by atoms with Crippen molar-refractivity contribution in [2.24, 2.45) is 0 Å². The molecule has 0 aliphatic carbocycles. The fourth-order valence-electron chi connectivity index (χ4n) is 2.15. The molecule has 1 saturated heterocycles. The van der Waals surface area contributed by atoms with Crippen molar-refractivity contribution in [3.8, 4) is 0 Å². The van der Waals surface area contributed by atoms with Crippen LogP contribution in [0.1, 0.15) is 37.7 Å². The van der Waals surface area contributed by atoms with Crippen molar-refractivity contribution in [1.82, 2.24) is 15.5 Å². The summed E-state index contributed by atoms with van der Waals surface area (Å²) in [6, 6.07) is 0.511. The number of aromatic nitrogens is 2. The Morgan fingerprint density at radius 2 is 2.47 bits per heavy atom. The highest BCUT2D eigenvalue weighted by molar-refractivity contribution is 5.90. The van der Waals surface area contributed by atoms with E-state index < -0.39 is 0 Å². The summed E-state index contributed by atoms with van der Waals surface area (Å²) < 4.78 is 0. The first kappa shape index (κ1) is 12.1. The van der Waals surface area contributed by atoms with E-state index in [0.29, 0.717) is 18.3 Å². The van der Waals surface area contributed by atoms with Gasteiger partial charge in [-0.25, -0.2) is 0 Å². The quantitative estimate of drug-likeness (QED) is 0.743. The number of piperidine rings is 1. The summed E-state index contributed by atoms with van der Waals surface area (Å²) in [5, 5.41) is 12.9. The van der Waals surface area contributed by atoms with Crippen molar-refractivity contribution < 1.29 is 4.79 Å². The molecule has 1 atom stereocenters. The molecule has 1 unspecified atom stereocenters. The molecule has 0 radical (unpaired) electrons. The standard InChI is InChI=1S/C12H20N4O/c1-9-8-14-16-12(9)15-11(17)6-5-10-4-2-3-7-13-10/h8,10,13H,2-7H2,1H3,(H2,14,15,16,17). The van der Waals surface area contributed by atoms with E-state index in [4.69, 9.17) is 0 Å². The van der Waals surface area contributed by atoms with Gasteiger partial charge in [0.1, 0.15) is 5.82 Å². The number of H-pyrrole nitrogens is 1. The highest BCUT2D eigenvalue weighted by atomic mass is 16.1. The van der Waals surface area contributed by atoms with Crippen molar-refractivity contribution in [1.29, 1.82) is 0 Å². The molecule has 0 spiro atoms. The third-order valence-corrected chi connectivity index (χ3v) is 3.23. The number of aromatic amines is 1. The van der Waals surface area contributed by atoms with Gasteiger partial charge in [-0.3, -0.25) is 9.89 Å². The summed E-state index contributed by atoms with van der Waals surface area (Å²) in [5.41, 5.74) is 0.967. The van der Waals surface area contributed by atoms with Crippen LogP contribution in [-0.2, 0) is 4.79 Å². The molecule has 1 aromatic rings. The largest absolute Gasteiger partial charge is 0.314 e. The van der Waals surface area contributed by atoms with Gasteiger partial charge in [0.2, 0.25) is 5.91 Å². The highest BCUT2D eigenvalue weighted by Gasteiger charge is 2.14. The molecule has 5 heteroatoms. The Hall–Kier alpha value is -1.36. The van der Waals surface area contributed by atoms with Crippen LogP contribution in [0.4, 0.5) is 5.82 Å². The third-order valence-electron chi connectivity index (χ3n) is 3.23. The van der Waals surface area contributed by atoms with Gasteiger partial charge in [0.25, 0.3) is 0 Å². The maximum atomic E-state index is 11.7. The Labute approximate surface area is 101 Å². The Morgan fingerprint density at radius 3 is 3.12 bits per heavy atom. The van der Waals surface area contributed by atoms with Gasteiger partial charge < -0.3 is 10.6 Å². The van der Waals surface area contributed by atoms with Gasteiger partial charge in [0.15, 0.2) is 0 Å². The van der Waals surface area contributed by atoms with Gasteiger partial charge in [0, 0.05) is 18.0 Å². The number of amides is 1. The molecular formula is C12H20N4O. The highest BCUT2D eigenvalue weighted by Crippen LogP contribution is 2.13. The molecule has 0 aromatic carbocycles. The maximum absolute atomic E-state index is 11.7. The van der Waals surface area contributed by atoms with E-state index in [0.717, 1.165) is 18.5 Å². The van der Waals surface area contributed by atoms with E-state index in [1.165, 1.54) is 19.3 Å². The zero-order valence-electron chi connectivity index (χ0n) is 10.3. The van der Waals surface area contributed by atoms with Crippen LogP contribution in [0, 0.1) is 6.92 Å². The molecule has 1 aliphatic heterocycles. The molecule has 1 aliphatic rings. The lowest BCUT2D eigenvalue weighted by Crippen LogP contribution is -2.34. The van der Waals surface area contributed by atoms with E-state index in [1.54, 1.807) is 6.20 Å². The number of hydrogen-bond acceptors (Lipinski definition) is 3. The zero-order valence-corrected chi connectivity index (χ0v) is 10.3. The Kier molecular flexibility index (Phi) is 4.14. The van der Waals surface area contributed by atoms with E-state index >= 15 is 0 Å². The molecule has 5 nitrogen and oxygen atoms in total. The van der Waals surface area contributed by atoms with Gasteiger partial charge >= 0.3 is 0 Å². The lowest BCUT2D eigenvalue weighted by Gasteiger charge is -2.22. The van der Waals surface area contributed by atoms with Gasteiger partial charge in [0.05, 0.1) is 6.20 Å². The summed E-state index contributed by atoms with van der Waals surface area (Å²) in [6.07, 6.45) is 6.92. The second-order valence-corrected chi connectivity index (χ2v) is 4.66. The van der Waals surface area contributed by atoms with Crippen molar-refractivity contribution in [3.05, 3.63) is 11.8 Å². The fourth-order valence-corrected chi connectivity index (χ4v) is 2.15. The smallest absolute Gasteiger partial charge is 0.225 e. The van der Waals surface area contributed by atoms with Crippen molar-refractivity contribution in [2.75, 3.05) is 11.9 Å². The monoisotopic (exact) mass is 236 g/mol. The van der Waals surface area contributed by atoms with Crippen LogP contribution in [0.3, 0.4) is 0 Å². The molecule has 2 rings (SSSR count). The number of nitrogens with one attached hydrogen (secondary N) is 3. The van der Waals surface area contributed by atoms with Gasteiger partial charge in [-0.1, -0.05) is 6.42 Å². The first-order valence-electron chi connectivity index (χ1n) is 6.29. The molecule has 2 heterocycles. The first-order chi connectivity index (χ1) is 8.25. The van der Waals surface area contributed by atoms with Crippen LogP contribution < -0.4 is 10.6 Å². The number of rotatable bonds is 4. The van der Waals surface area contributed by atoms with Crippen LogP contribution in [0.5, 0.6) is 0 Å². The van der Waals surface area contributed by atoms with E-state index in [2.05, 4.69) is 20.8 Å². The minimum Gasteiger partial charge on any atom is -0.314 e. The van der Waals surface area contributed by atoms with E-state index in [-0.39, 0.29) is 5.91 Å². The average Bonchev–Trinajstić information content (AvgIpc) is 2.74. The van der Waals surface area contributed by atoms with Gasteiger partial charge in [-0.2, -0.15) is 5.10 Å². The van der Waals surface area contributed by atoms with Crippen LogP contribution in [0.2, 0.25) is 0 Å². The molecule has 17 heavy (non-hydrogen) atoms. The molecule has 3 N–H and O–H groups in total. The van der Waals surface area contributed by atoms with Crippen LogP contribution in [0.25, 0.3) is 0 Å². The third kappa shape index (κ3) is 3.56. The summed E-state index contributed by atoms with van der Waals surface area (Å²) in [4.78, 5) is 11.7. The molecule has 1 fully saturated rings. The van der Waals surface area contributed by atoms with Gasteiger partial charge in [-0.05, 0) is 32.7 Å². The number of nitrogens with zero attached hydrogens (tertiary/aromatic N) is 1.